The number of hydrogen-bond donors (Lipinski definition) is 0. The van der Waals surface area contributed by atoms with Gasteiger partial charge in [-0.2, -0.15) is 0 Å². The largest absolute Gasteiger partial charge is 0.452 e. The van der Waals surface area contributed by atoms with Crippen LogP contribution in [0.25, 0.3) is 66.1 Å². The maximum absolute atomic E-state index is 6.53. The van der Waals surface area contributed by atoms with Crippen LogP contribution in [0.5, 0.6) is 0 Å². The molecule has 3 nitrogen and oxygen atoms in total. The van der Waals surface area contributed by atoms with Gasteiger partial charge in [0.2, 0.25) is 0 Å². The summed E-state index contributed by atoms with van der Waals surface area (Å²) >= 11 is 0. The number of allylic oxidation sites excluding steroid dienone is 2. The minimum atomic E-state index is 0.257. The molecule has 6 aromatic carbocycles. The number of rotatable bonds is 3. The summed E-state index contributed by atoms with van der Waals surface area (Å²) in [5.74, 6) is 0.351. The molecule has 0 saturated heterocycles. The van der Waals surface area contributed by atoms with Crippen molar-refractivity contribution in [1.82, 2.24) is 0 Å². The molecule has 1 aliphatic heterocycles. The zero-order chi connectivity index (χ0) is 29.5. The number of para-hydroxylation sites is 1. The average Bonchev–Trinajstić information content (AvgIpc) is 3.78. The number of fused-ring (bicyclic) bond motifs is 10. The van der Waals surface area contributed by atoms with Gasteiger partial charge in [-0.15, -0.1) is 0 Å². The second kappa shape index (κ2) is 9.35. The van der Waals surface area contributed by atoms with Gasteiger partial charge in [-0.1, -0.05) is 97.1 Å². The summed E-state index contributed by atoms with van der Waals surface area (Å²) < 4.78 is 13.0. The standard InChI is InChI=1S/C42H27NO2/c1-2-9-26(10-3-1)27-11-8-12-28(23-27)29-17-21-39-35(24-29)33-19-20-34-36-25-30(18-22-40(36)45-42(34)41(33)44-39)43-37-15-6-4-13-31(37)32-14-5-7-16-38(32)43/h1-25,31,37H. The molecule has 2 aromatic heterocycles. The third-order valence-corrected chi connectivity index (χ3v) is 9.60. The second-order valence-electron chi connectivity index (χ2n) is 12.1. The van der Waals surface area contributed by atoms with E-state index in [0.717, 1.165) is 55.1 Å². The summed E-state index contributed by atoms with van der Waals surface area (Å²) in [7, 11) is 0. The molecule has 0 radical (unpaired) electrons. The molecule has 0 bridgehead atoms. The Morgan fingerprint density at radius 2 is 1.11 bits per heavy atom. The lowest BCUT2D eigenvalue weighted by Crippen LogP contribution is -2.28. The van der Waals surface area contributed by atoms with Gasteiger partial charge in [0.25, 0.3) is 0 Å². The van der Waals surface area contributed by atoms with E-state index in [2.05, 4.69) is 157 Å². The Morgan fingerprint density at radius 1 is 0.467 bits per heavy atom. The first kappa shape index (κ1) is 24.6. The average molecular weight is 578 g/mol. The lowest BCUT2D eigenvalue weighted by molar-refractivity contribution is 0.633. The van der Waals surface area contributed by atoms with Gasteiger partial charge >= 0.3 is 0 Å². The maximum Gasteiger partial charge on any atom is 0.178 e. The monoisotopic (exact) mass is 577 g/mol. The fourth-order valence-electron chi connectivity index (χ4n) is 7.48. The van der Waals surface area contributed by atoms with Crippen molar-refractivity contribution in [2.75, 3.05) is 4.90 Å². The van der Waals surface area contributed by atoms with Gasteiger partial charge in [0, 0.05) is 38.8 Å². The van der Waals surface area contributed by atoms with E-state index in [1.54, 1.807) is 0 Å². The van der Waals surface area contributed by atoms with Crippen LogP contribution >= 0.6 is 0 Å². The van der Waals surface area contributed by atoms with Crippen LogP contribution < -0.4 is 4.90 Å². The van der Waals surface area contributed by atoms with Crippen molar-refractivity contribution in [1.29, 1.82) is 0 Å². The molecule has 3 heterocycles. The van der Waals surface area contributed by atoms with Crippen molar-refractivity contribution in [3.05, 3.63) is 157 Å². The highest BCUT2D eigenvalue weighted by Gasteiger charge is 2.37. The van der Waals surface area contributed by atoms with Crippen LogP contribution in [-0.2, 0) is 0 Å². The zero-order valence-electron chi connectivity index (χ0n) is 24.4. The number of nitrogens with zero attached hydrogens (tertiary/aromatic N) is 1. The Balaban J connectivity index is 1.09. The van der Waals surface area contributed by atoms with Crippen molar-refractivity contribution in [2.24, 2.45) is 0 Å². The van der Waals surface area contributed by atoms with Crippen molar-refractivity contribution >= 4 is 55.3 Å². The molecule has 0 spiro atoms. The Hall–Kier alpha value is -5.80. The van der Waals surface area contributed by atoms with Gasteiger partial charge in [0.15, 0.2) is 11.2 Å². The van der Waals surface area contributed by atoms with Gasteiger partial charge < -0.3 is 13.7 Å². The molecule has 0 N–H and O–H groups in total. The normalized spacial score (nSPS) is 17.1. The Bertz CT molecular complexity index is 2510. The Labute approximate surface area is 259 Å². The van der Waals surface area contributed by atoms with E-state index in [0.29, 0.717) is 5.92 Å². The summed E-state index contributed by atoms with van der Waals surface area (Å²) in [6.07, 6.45) is 8.96. The van der Waals surface area contributed by atoms with Crippen LogP contribution in [0.3, 0.4) is 0 Å². The fourth-order valence-corrected chi connectivity index (χ4v) is 7.48. The summed E-state index contributed by atoms with van der Waals surface area (Å²) in [4.78, 5) is 2.46. The third kappa shape index (κ3) is 3.64. The summed E-state index contributed by atoms with van der Waals surface area (Å²) in [5.41, 5.74) is 11.9. The third-order valence-electron chi connectivity index (χ3n) is 9.60. The first-order valence-electron chi connectivity index (χ1n) is 15.5. The second-order valence-corrected chi connectivity index (χ2v) is 12.1. The number of hydrogen-bond acceptors (Lipinski definition) is 3. The van der Waals surface area contributed by atoms with Crippen molar-refractivity contribution < 1.29 is 8.83 Å². The molecule has 0 amide bonds. The molecule has 1 aliphatic carbocycles. The number of benzene rings is 6. The molecule has 10 rings (SSSR count). The van der Waals surface area contributed by atoms with E-state index < -0.39 is 0 Å². The van der Waals surface area contributed by atoms with Gasteiger partial charge in [-0.3, -0.25) is 0 Å². The van der Waals surface area contributed by atoms with Crippen LogP contribution in [-0.4, -0.2) is 6.04 Å². The van der Waals surface area contributed by atoms with Gasteiger partial charge in [-0.05, 0) is 82.4 Å². The molecule has 0 saturated carbocycles. The molecule has 2 unspecified atom stereocenters. The minimum Gasteiger partial charge on any atom is -0.452 e. The van der Waals surface area contributed by atoms with Crippen LogP contribution in [0, 0.1) is 0 Å². The maximum atomic E-state index is 6.53. The van der Waals surface area contributed by atoms with Crippen LogP contribution in [0.2, 0.25) is 0 Å². The highest BCUT2D eigenvalue weighted by Crippen LogP contribution is 2.49. The molecule has 3 heteroatoms. The lowest BCUT2D eigenvalue weighted by atomic mass is 9.91. The van der Waals surface area contributed by atoms with Crippen molar-refractivity contribution in [3.63, 3.8) is 0 Å². The van der Waals surface area contributed by atoms with Gasteiger partial charge in [-0.25, -0.2) is 0 Å². The minimum absolute atomic E-state index is 0.257. The smallest absolute Gasteiger partial charge is 0.178 e. The quantitative estimate of drug-likeness (QED) is 0.209. The van der Waals surface area contributed by atoms with E-state index in [4.69, 9.17) is 8.83 Å². The van der Waals surface area contributed by atoms with Crippen LogP contribution in [0.15, 0.2) is 161 Å². The number of furan rings is 2. The van der Waals surface area contributed by atoms with E-state index in [1.807, 2.05) is 0 Å². The number of anilines is 2. The molecule has 2 aliphatic rings. The predicted octanol–water partition coefficient (Wildman–Crippen LogP) is 11.5. The van der Waals surface area contributed by atoms with Crippen LogP contribution in [0.4, 0.5) is 11.4 Å². The van der Waals surface area contributed by atoms with E-state index >= 15 is 0 Å². The SMILES string of the molecule is C1=CC2c3ccccc3N(c3ccc4oc5c(ccc6c7cc(-c8cccc(-c9ccccc9)c8)ccc7oc65)c4c3)C2C=C1. The lowest BCUT2D eigenvalue weighted by Gasteiger charge is -2.28. The molecule has 212 valence electrons. The molecule has 45 heavy (non-hydrogen) atoms. The van der Waals surface area contributed by atoms with E-state index in [-0.39, 0.29) is 6.04 Å². The summed E-state index contributed by atoms with van der Waals surface area (Å²) in [6, 6.07) is 45.7. The Kier molecular flexibility index (Phi) is 5.11. The highest BCUT2D eigenvalue weighted by molar-refractivity contribution is 6.19. The first-order chi connectivity index (χ1) is 22.3. The van der Waals surface area contributed by atoms with E-state index in [9.17, 15) is 0 Å². The highest BCUT2D eigenvalue weighted by atomic mass is 16.4. The predicted molar refractivity (Wildman–Crippen MR) is 185 cm³/mol. The van der Waals surface area contributed by atoms with Crippen molar-refractivity contribution in [2.45, 2.75) is 12.0 Å². The van der Waals surface area contributed by atoms with Crippen molar-refractivity contribution in [3.8, 4) is 22.3 Å². The molecule has 0 fully saturated rings. The molecular formula is C42H27NO2. The van der Waals surface area contributed by atoms with E-state index in [1.165, 1.54) is 27.9 Å². The summed E-state index contributed by atoms with van der Waals surface area (Å²) in [5, 5.41) is 4.32. The van der Waals surface area contributed by atoms with Crippen LogP contribution in [0.1, 0.15) is 11.5 Å². The topological polar surface area (TPSA) is 29.5 Å². The summed E-state index contributed by atoms with van der Waals surface area (Å²) in [6.45, 7) is 0. The molecule has 8 aromatic rings. The van der Waals surface area contributed by atoms with Gasteiger partial charge in [0.05, 0.1) is 6.04 Å². The zero-order valence-corrected chi connectivity index (χ0v) is 24.4. The fraction of sp³-hybridized carbons (Fsp3) is 0.0476. The van der Waals surface area contributed by atoms with Gasteiger partial charge in [0.1, 0.15) is 11.2 Å². The Morgan fingerprint density at radius 3 is 1.93 bits per heavy atom. The first-order valence-corrected chi connectivity index (χ1v) is 15.5. The molecular weight excluding hydrogens is 550 g/mol. The molecule has 2 atom stereocenters.